The van der Waals surface area contributed by atoms with E-state index in [1.165, 1.54) is 5.56 Å². The first-order valence-corrected chi connectivity index (χ1v) is 9.73. The molecule has 2 aromatic carbocycles. The van der Waals surface area contributed by atoms with Crippen molar-refractivity contribution < 1.29 is 18.8 Å². The molecule has 1 aliphatic rings. The fourth-order valence-electron chi connectivity index (χ4n) is 3.83. The molecule has 0 bridgehead atoms. The maximum absolute atomic E-state index is 12.9. The highest BCUT2D eigenvalue weighted by Gasteiger charge is 2.27. The van der Waals surface area contributed by atoms with Gasteiger partial charge in [-0.15, -0.1) is 0 Å². The van der Waals surface area contributed by atoms with Crippen molar-refractivity contribution in [2.75, 3.05) is 27.3 Å². The molecule has 150 valence electrons. The van der Waals surface area contributed by atoms with Crippen LogP contribution in [0.4, 0.5) is 0 Å². The van der Waals surface area contributed by atoms with Crippen LogP contribution in [0.1, 0.15) is 34.8 Å². The summed E-state index contributed by atoms with van der Waals surface area (Å²) in [5, 5.41) is 4.00. The zero-order valence-electron chi connectivity index (χ0n) is 16.6. The predicted molar refractivity (Wildman–Crippen MR) is 109 cm³/mol. The Kier molecular flexibility index (Phi) is 5.51. The molecule has 0 N–H and O–H groups in total. The highest BCUT2D eigenvalue weighted by molar-refractivity contribution is 5.93. The molecule has 1 aliphatic heterocycles. The number of methoxy groups -OCH3 is 2. The molecule has 0 spiro atoms. The molecule has 1 saturated heterocycles. The second-order valence-corrected chi connectivity index (χ2v) is 7.11. The van der Waals surface area contributed by atoms with Crippen LogP contribution in [0.25, 0.3) is 11.3 Å². The first-order chi connectivity index (χ1) is 14.2. The fourth-order valence-corrected chi connectivity index (χ4v) is 3.83. The van der Waals surface area contributed by atoms with Crippen LogP contribution in [-0.4, -0.2) is 43.3 Å². The minimum Gasteiger partial charge on any atom is -0.497 e. The van der Waals surface area contributed by atoms with E-state index in [2.05, 4.69) is 11.2 Å². The number of nitrogens with zero attached hydrogens (tertiary/aromatic N) is 2. The van der Waals surface area contributed by atoms with Crippen LogP contribution in [0.5, 0.6) is 11.5 Å². The number of ether oxygens (including phenoxy) is 2. The van der Waals surface area contributed by atoms with Crippen LogP contribution in [0, 0.1) is 0 Å². The third-order valence-electron chi connectivity index (χ3n) is 5.46. The molecule has 0 saturated carbocycles. The van der Waals surface area contributed by atoms with Crippen molar-refractivity contribution in [3.05, 3.63) is 65.9 Å². The molecular weight excluding hydrogens is 368 g/mol. The van der Waals surface area contributed by atoms with Crippen molar-refractivity contribution >= 4 is 5.91 Å². The minimum absolute atomic E-state index is 0.0908. The molecule has 0 unspecified atom stereocenters. The summed E-state index contributed by atoms with van der Waals surface area (Å²) < 4.78 is 16.1. The smallest absolute Gasteiger partial charge is 0.276 e. The second kappa shape index (κ2) is 8.39. The molecule has 3 aromatic rings. The second-order valence-electron chi connectivity index (χ2n) is 7.11. The van der Waals surface area contributed by atoms with E-state index in [0.29, 0.717) is 30.5 Å². The number of amides is 1. The number of likely N-dealkylation sites (tertiary alicyclic amines) is 1. The van der Waals surface area contributed by atoms with Gasteiger partial charge in [0.25, 0.3) is 5.91 Å². The largest absolute Gasteiger partial charge is 0.497 e. The molecule has 0 atom stereocenters. The molecule has 1 amide bonds. The zero-order chi connectivity index (χ0) is 20.2. The summed E-state index contributed by atoms with van der Waals surface area (Å²) in [5.74, 6) is 2.55. The van der Waals surface area contributed by atoms with Gasteiger partial charge >= 0.3 is 0 Å². The van der Waals surface area contributed by atoms with Crippen molar-refractivity contribution in [2.45, 2.75) is 18.8 Å². The summed E-state index contributed by atoms with van der Waals surface area (Å²) in [6.45, 7) is 1.37. The van der Waals surface area contributed by atoms with Crippen LogP contribution in [0.3, 0.4) is 0 Å². The maximum atomic E-state index is 12.9. The average Bonchev–Trinajstić information content (AvgIpc) is 3.29. The molecule has 2 heterocycles. The quantitative estimate of drug-likeness (QED) is 0.645. The Morgan fingerprint density at radius 3 is 2.45 bits per heavy atom. The molecule has 1 fully saturated rings. The van der Waals surface area contributed by atoms with E-state index in [4.69, 9.17) is 14.0 Å². The van der Waals surface area contributed by atoms with E-state index < -0.39 is 0 Å². The van der Waals surface area contributed by atoms with Gasteiger partial charge in [-0.2, -0.15) is 0 Å². The van der Waals surface area contributed by atoms with Crippen LogP contribution in [0.15, 0.2) is 59.1 Å². The predicted octanol–water partition coefficient (Wildman–Crippen LogP) is 4.38. The summed E-state index contributed by atoms with van der Waals surface area (Å²) >= 11 is 0. The third kappa shape index (κ3) is 3.97. The lowest BCUT2D eigenvalue weighted by Gasteiger charge is -2.32. The Labute approximate surface area is 170 Å². The van der Waals surface area contributed by atoms with Crippen LogP contribution >= 0.6 is 0 Å². The van der Waals surface area contributed by atoms with Crippen LogP contribution in [0.2, 0.25) is 0 Å². The van der Waals surface area contributed by atoms with Crippen LogP contribution < -0.4 is 9.47 Å². The Bertz CT molecular complexity index is 973. The van der Waals surface area contributed by atoms with Crippen molar-refractivity contribution in [1.82, 2.24) is 10.1 Å². The van der Waals surface area contributed by atoms with E-state index in [1.807, 2.05) is 47.4 Å². The molecule has 6 nitrogen and oxygen atoms in total. The zero-order valence-corrected chi connectivity index (χ0v) is 16.6. The van der Waals surface area contributed by atoms with E-state index >= 15 is 0 Å². The standard InChI is InChI=1S/C23H24N2O4/c1-27-18-9-7-17(8-10-18)22-15-20(24-29-22)23(26)25-13-11-16(12-14-25)19-5-3-4-6-21(19)28-2/h3-10,15-16H,11-14H2,1-2H3. The van der Waals surface area contributed by atoms with Gasteiger partial charge in [-0.1, -0.05) is 23.4 Å². The summed E-state index contributed by atoms with van der Waals surface area (Å²) in [7, 11) is 3.32. The highest BCUT2D eigenvalue weighted by Crippen LogP contribution is 2.34. The van der Waals surface area contributed by atoms with Crippen molar-refractivity contribution in [2.24, 2.45) is 0 Å². The number of para-hydroxylation sites is 1. The van der Waals surface area contributed by atoms with Gasteiger partial charge in [0, 0.05) is 24.7 Å². The van der Waals surface area contributed by atoms with Gasteiger partial charge in [0.15, 0.2) is 11.5 Å². The molecule has 4 rings (SSSR count). The molecule has 6 heteroatoms. The SMILES string of the molecule is COc1ccc(-c2cc(C(=O)N3CCC(c4ccccc4OC)CC3)no2)cc1. The molecular formula is C23H24N2O4. The third-order valence-corrected chi connectivity index (χ3v) is 5.46. The van der Waals surface area contributed by atoms with Gasteiger partial charge in [-0.25, -0.2) is 0 Å². The Balaban J connectivity index is 1.41. The number of aromatic nitrogens is 1. The number of piperidine rings is 1. The van der Waals surface area contributed by atoms with Crippen LogP contribution in [-0.2, 0) is 0 Å². The van der Waals surface area contributed by atoms with Gasteiger partial charge in [-0.05, 0) is 54.7 Å². The van der Waals surface area contributed by atoms with Crippen molar-refractivity contribution in [3.63, 3.8) is 0 Å². The van der Waals surface area contributed by atoms with Crippen molar-refractivity contribution in [1.29, 1.82) is 0 Å². The lowest BCUT2D eigenvalue weighted by molar-refractivity contribution is 0.0702. The Morgan fingerprint density at radius 2 is 1.76 bits per heavy atom. The topological polar surface area (TPSA) is 64.8 Å². The van der Waals surface area contributed by atoms with E-state index in [-0.39, 0.29) is 5.91 Å². The Morgan fingerprint density at radius 1 is 1.03 bits per heavy atom. The first-order valence-electron chi connectivity index (χ1n) is 9.73. The summed E-state index contributed by atoms with van der Waals surface area (Å²) in [4.78, 5) is 14.7. The van der Waals surface area contributed by atoms with Gasteiger partial charge in [0.1, 0.15) is 11.5 Å². The monoisotopic (exact) mass is 392 g/mol. The molecule has 0 aliphatic carbocycles. The number of hydrogen-bond acceptors (Lipinski definition) is 5. The average molecular weight is 392 g/mol. The summed E-state index contributed by atoms with van der Waals surface area (Å²) in [6, 6.07) is 17.3. The first kappa shape index (κ1) is 19.1. The summed E-state index contributed by atoms with van der Waals surface area (Å²) in [6.07, 6.45) is 1.80. The summed E-state index contributed by atoms with van der Waals surface area (Å²) in [5.41, 5.74) is 2.41. The van der Waals surface area contributed by atoms with Gasteiger partial charge in [-0.3, -0.25) is 4.79 Å². The number of carbonyl (C=O) groups is 1. The lowest BCUT2D eigenvalue weighted by atomic mass is 9.88. The normalized spacial score (nSPS) is 14.6. The van der Waals surface area contributed by atoms with Gasteiger partial charge in [0.05, 0.1) is 14.2 Å². The fraction of sp³-hybridized carbons (Fsp3) is 0.304. The molecule has 0 radical (unpaired) electrons. The number of carbonyl (C=O) groups excluding carboxylic acids is 1. The van der Waals surface area contributed by atoms with E-state index in [1.54, 1.807) is 20.3 Å². The molecule has 1 aromatic heterocycles. The Hall–Kier alpha value is -3.28. The van der Waals surface area contributed by atoms with Gasteiger partial charge in [0.2, 0.25) is 0 Å². The minimum atomic E-state index is -0.0908. The van der Waals surface area contributed by atoms with Crippen molar-refractivity contribution in [3.8, 4) is 22.8 Å². The highest BCUT2D eigenvalue weighted by atomic mass is 16.5. The maximum Gasteiger partial charge on any atom is 0.276 e. The van der Waals surface area contributed by atoms with E-state index in [0.717, 1.165) is 29.9 Å². The number of hydrogen-bond donors (Lipinski definition) is 0. The van der Waals surface area contributed by atoms with Gasteiger partial charge < -0.3 is 18.9 Å². The molecule has 29 heavy (non-hydrogen) atoms. The lowest BCUT2D eigenvalue weighted by Crippen LogP contribution is -2.38. The van der Waals surface area contributed by atoms with E-state index in [9.17, 15) is 4.79 Å². The number of benzene rings is 2. The number of rotatable bonds is 5.